The second kappa shape index (κ2) is 10.6. The Balaban J connectivity index is 1.38. The van der Waals surface area contributed by atoms with Gasteiger partial charge >= 0.3 is 0 Å². The first-order chi connectivity index (χ1) is 16.5. The van der Waals surface area contributed by atoms with Gasteiger partial charge in [0.05, 0.1) is 18.4 Å². The van der Waals surface area contributed by atoms with Crippen LogP contribution in [-0.2, 0) is 13.2 Å². The fraction of sp³-hybridized carbons (Fsp3) is 0.185. The zero-order chi connectivity index (χ0) is 23.9. The maximum absolute atomic E-state index is 12.7. The normalized spacial score (nSPS) is 10.6. The van der Waals surface area contributed by atoms with E-state index in [-0.39, 0.29) is 5.91 Å². The molecular weight excluding hydrogens is 432 g/mol. The Morgan fingerprint density at radius 1 is 0.941 bits per heavy atom. The molecule has 0 saturated carbocycles. The molecule has 0 aliphatic heterocycles. The van der Waals surface area contributed by atoms with Crippen LogP contribution in [0.1, 0.15) is 32.9 Å². The van der Waals surface area contributed by atoms with Crippen molar-refractivity contribution in [1.29, 1.82) is 0 Å². The SMILES string of the molecule is COc1cc(C(=O)NCc2cccc(Oc3ccccc3)c2)ccc1OCc1c(C)noc1C. The number of hydrogen-bond acceptors (Lipinski definition) is 6. The number of amides is 1. The number of rotatable bonds is 9. The predicted octanol–water partition coefficient (Wildman–Crippen LogP) is 5.60. The molecule has 3 aromatic carbocycles. The van der Waals surface area contributed by atoms with Gasteiger partial charge in [-0.3, -0.25) is 4.79 Å². The highest BCUT2D eigenvalue weighted by Crippen LogP contribution is 2.29. The third kappa shape index (κ3) is 5.56. The molecule has 1 heterocycles. The molecule has 7 nitrogen and oxygen atoms in total. The maximum atomic E-state index is 12.7. The molecular formula is C27H26N2O5. The highest BCUT2D eigenvalue weighted by molar-refractivity contribution is 5.94. The van der Waals surface area contributed by atoms with E-state index in [2.05, 4.69) is 10.5 Å². The van der Waals surface area contributed by atoms with Gasteiger partial charge < -0.3 is 24.1 Å². The molecule has 1 aromatic heterocycles. The summed E-state index contributed by atoms with van der Waals surface area (Å²) in [6.07, 6.45) is 0. The Labute approximate surface area is 198 Å². The first kappa shape index (κ1) is 22.9. The molecule has 0 radical (unpaired) electrons. The molecule has 0 saturated heterocycles. The number of ether oxygens (including phenoxy) is 3. The molecule has 0 fully saturated rings. The van der Waals surface area contributed by atoms with Gasteiger partial charge in [0.2, 0.25) is 0 Å². The van der Waals surface area contributed by atoms with Gasteiger partial charge in [-0.25, -0.2) is 0 Å². The molecule has 0 spiro atoms. The van der Waals surface area contributed by atoms with E-state index in [1.165, 1.54) is 7.11 Å². The lowest BCUT2D eigenvalue weighted by Gasteiger charge is -2.13. The van der Waals surface area contributed by atoms with Crippen LogP contribution in [0.3, 0.4) is 0 Å². The monoisotopic (exact) mass is 458 g/mol. The van der Waals surface area contributed by atoms with Crippen LogP contribution in [0.4, 0.5) is 0 Å². The van der Waals surface area contributed by atoms with Crippen LogP contribution in [-0.4, -0.2) is 18.2 Å². The van der Waals surface area contributed by atoms with Gasteiger partial charge in [-0.15, -0.1) is 0 Å². The standard InChI is InChI=1S/C27H26N2O5/c1-18-24(19(2)34-29-18)17-32-25-13-12-21(15-26(25)31-3)27(30)28-16-20-8-7-11-23(14-20)33-22-9-5-4-6-10-22/h4-15H,16-17H2,1-3H3,(H,28,30). The van der Waals surface area contributed by atoms with E-state index in [1.54, 1.807) is 18.2 Å². The first-order valence-electron chi connectivity index (χ1n) is 10.9. The predicted molar refractivity (Wildman–Crippen MR) is 127 cm³/mol. The van der Waals surface area contributed by atoms with Gasteiger partial charge in [0, 0.05) is 12.1 Å². The smallest absolute Gasteiger partial charge is 0.251 e. The lowest BCUT2D eigenvalue weighted by atomic mass is 10.1. The van der Waals surface area contributed by atoms with Crippen molar-refractivity contribution in [2.24, 2.45) is 0 Å². The molecule has 0 unspecified atom stereocenters. The van der Waals surface area contributed by atoms with Crippen molar-refractivity contribution in [3.8, 4) is 23.0 Å². The number of carbonyl (C=O) groups excluding carboxylic acids is 1. The van der Waals surface area contributed by atoms with Crippen LogP contribution in [0.2, 0.25) is 0 Å². The summed E-state index contributed by atoms with van der Waals surface area (Å²) in [6.45, 7) is 4.36. The van der Waals surface area contributed by atoms with Crippen LogP contribution < -0.4 is 19.5 Å². The van der Waals surface area contributed by atoms with Gasteiger partial charge in [0.25, 0.3) is 5.91 Å². The highest BCUT2D eigenvalue weighted by Gasteiger charge is 2.14. The number of aryl methyl sites for hydroxylation is 2. The fourth-order valence-electron chi connectivity index (χ4n) is 3.41. The summed E-state index contributed by atoms with van der Waals surface area (Å²) in [7, 11) is 1.54. The topological polar surface area (TPSA) is 82.8 Å². The molecule has 1 N–H and O–H groups in total. The molecule has 34 heavy (non-hydrogen) atoms. The van der Waals surface area contributed by atoms with Crippen molar-refractivity contribution in [1.82, 2.24) is 10.5 Å². The number of nitrogens with zero attached hydrogens (tertiary/aromatic N) is 1. The summed E-state index contributed by atoms with van der Waals surface area (Å²) >= 11 is 0. The lowest BCUT2D eigenvalue weighted by molar-refractivity contribution is 0.0950. The third-order valence-electron chi connectivity index (χ3n) is 5.31. The van der Waals surface area contributed by atoms with Gasteiger partial charge in [-0.2, -0.15) is 0 Å². The van der Waals surface area contributed by atoms with Crippen molar-refractivity contribution in [3.05, 3.63) is 101 Å². The van der Waals surface area contributed by atoms with E-state index in [9.17, 15) is 4.79 Å². The van der Waals surface area contributed by atoms with Gasteiger partial charge in [-0.05, 0) is 61.9 Å². The number of nitrogens with one attached hydrogen (secondary N) is 1. The molecule has 7 heteroatoms. The van der Waals surface area contributed by atoms with Crippen molar-refractivity contribution in [2.75, 3.05) is 7.11 Å². The van der Waals surface area contributed by atoms with Gasteiger partial charge in [-0.1, -0.05) is 35.5 Å². The number of para-hydroxylation sites is 1. The molecule has 1 amide bonds. The molecule has 0 aliphatic rings. The number of hydrogen-bond donors (Lipinski definition) is 1. The average Bonchev–Trinajstić information content (AvgIpc) is 3.18. The Hall–Kier alpha value is -4.26. The zero-order valence-corrected chi connectivity index (χ0v) is 19.3. The van der Waals surface area contributed by atoms with Gasteiger partial charge in [0.15, 0.2) is 11.5 Å². The van der Waals surface area contributed by atoms with Crippen LogP contribution in [0.5, 0.6) is 23.0 Å². The third-order valence-corrected chi connectivity index (χ3v) is 5.31. The minimum Gasteiger partial charge on any atom is -0.493 e. The Bertz CT molecular complexity index is 1250. The van der Waals surface area contributed by atoms with Crippen LogP contribution in [0, 0.1) is 13.8 Å². The van der Waals surface area contributed by atoms with Crippen molar-refractivity contribution < 1.29 is 23.5 Å². The quantitative estimate of drug-likeness (QED) is 0.351. The summed E-state index contributed by atoms with van der Waals surface area (Å²) < 4.78 is 22.4. The van der Waals surface area contributed by atoms with E-state index in [0.717, 1.165) is 22.6 Å². The summed E-state index contributed by atoms with van der Waals surface area (Å²) in [6, 6.07) is 22.3. The first-order valence-corrected chi connectivity index (χ1v) is 10.9. The van der Waals surface area contributed by atoms with E-state index in [0.29, 0.717) is 41.7 Å². The Kier molecular flexibility index (Phi) is 7.13. The maximum Gasteiger partial charge on any atom is 0.251 e. The van der Waals surface area contributed by atoms with Gasteiger partial charge in [0.1, 0.15) is 23.9 Å². The molecule has 174 valence electrons. The van der Waals surface area contributed by atoms with Crippen molar-refractivity contribution in [2.45, 2.75) is 27.0 Å². The van der Waals surface area contributed by atoms with E-state index >= 15 is 0 Å². The number of carbonyl (C=O) groups is 1. The number of benzene rings is 3. The van der Waals surface area contributed by atoms with Crippen molar-refractivity contribution >= 4 is 5.91 Å². The Morgan fingerprint density at radius 2 is 1.74 bits per heavy atom. The molecule has 4 aromatic rings. The second-order valence-corrected chi connectivity index (χ2v) is 7.70. The van der Waals surface area contributed by atoms with Crippen LogP contribution in [0.25, 0.3) is 0 Å². The van der Waals surface area contributed by atoms with E-state index in [4.69, 9.17) is 18.7 Å². The van der Waals surface area contributed by atoms with E-state index in [1.807, 2.05) is 68.4 Å². The number of methoxy groups -OCH3 is 1. The zero-order valence-electron chi connectivity index (χ0n) is 19.3. The molecule has 4 rings (SSSR count). The second-order valence-electron chi connectivity index (χ2n) is 7.70. The number of aromatic nitrogens is 1. The largest absolute Gasteiger partial charge is 0.493 e. The summed E-state index contributed by atoms with van der Waals surface area (Å²) in [5, 5.41) is 6.87. The van der Waals surface area contributed by atoms with Crippen molar-refractivity contribution in [3.63, 3.8) is 0 Å². The Morgan fingerprint density at radius 3 is 2.47 bits per heavy atom. The molecule has 0 atom stereocenters. The summed E-state index contributed by atoms with van der Waals surface area (Å²) in [5.74, 6) is 2.96. The fourth-order valence-corrected chi connectivity index (χ4v) is 3.41. The summed E-state index contributed by atoms with van der Waals surface area (Å²) in [4.78, 5) is 12.7. The van der Waals surface area contributed by atoms with E-state index < -0.39 is 0 Å². The molecule has 0 aliphatic carbocycles. The van der Waals surface area contributed by atoms with Crippen LogP contribution in [0.15, 0.2) is 77.3 Å². The lowest BCUT2D eigenvalue weighted by Crippen LogP contribution is -2.22. The molecule has 0 bridgehead atoms. The minimum atomic E-state index is -0.218. The highest BCUT2D eigenvalue weighted by atomic mass is 16.5. The van der Waals surface area contributed by atoms with Crippen LogP contribution >= 0.6 is 0 Å². The summed E-state index contributed by atoms with van der Waals surface area (Å²) in [5.41, 5.74) is 3.07. The minimum absolute atomic E-state index is 0.218. The average molecular weight is 459 g/mol.